The van der Waals surface area contributed by atoms with Gasteiger partial charge in [-0.1, -0.05) is 6.07 Å². The molecule has 0 spiro atoms. The van der Waals surface area contributed by atoms with E-state index in [1.54, 1.807) is 19.5 Å². The van der Waals surface area contributed by atoms with Crippen LogP contribution in [0, 0.1) is 0 Å². The summed E-state index contributed by atoms with van der Waals surface area (Å²) in [6.45, 7) is 2.08. The molecule has 8 nitrogen and oxygen atoms in total. The fourth-order valence-corrected chi connectivity index (χ4v) is 4.53. The van der Waals surface area contributed by atoms with Gasteiger partial charge in [0.15, 0.2) is 0 Å². The second kappa shape index (κ2) is 7.72. The van der Waals surface area contributed by atoms with Crippen LogP contribution in [0.15, 0.2) is 55.4 Å². The van der Waals surface area contributed by atoms with Crippen LogP contribution in [-0.2, 0) is 0 Å². The zero-order valence-corrected chi connectivity index (χ0v) is 17.7. The van der Waals surface area contributed by atoms with Crippen LogP contribution in [0.4, 0.5) is 0 Å². The molecule has 2 N–H and O–H groups in total. The third-order valence-corrected chi connectivity index (χ3v) is 6.23. The molecule has 32 heavy (non-hydrogen) atoms. The van der Waals surface area contributed by atoms with Gasteiger partial charge in [-0.05, 0) is 43.1 Å². The number of imidazole rings is 1. The van der Waals surface area contributed by atoms with Crippen molar-refractivity contribution >= 4 is 22.1 Å². The normalized spacial score (nSPS) is 16.6. The molecule has 1 unspecified atom stereocenters. The lowest BCUT2D eigenvalue weighted by molar-refractivity contribution is 0.378. The zero-order chi connectivity index (χ0) is 21.5. The standard InChI is InChI=1S/C24H23N7O/c1-32-24-28-10-17(11-29-24)16-7-19-20(13-27-23(19)26-9-16)15-4-5-21-22(8-15)31(14-30-21)18-3-2-6-25-12-18/h4-5,7-11,13-14,18,25H,2-3,6,12H2,1H3,(H,26,27). The topological polar surface area (TPSA) is 93.5 Å². The molecule has 1 saturated heterocycles. The molecule has 8 heteroatoms. The van der Waals surface area contributed by atoms with Crippen molar-refractivity contribution < 1.29 is 4.74 Å². The second-order valence-electron chi connectivity index (χ2n) is 8.14. The number of rotatable bonds is 4. The Morgan fingerprint density at radius 3 is 2.69 bits per heavy atom. The van der Waals surface area contributed by atoms with Crippen LogP contribution in [0.1, 0.15) is 18.9 Å². The van der Waals surface area contributed by atoms with Gasteiger partial charge in [-0.2, -0.15) is 0 Å². The number of aromatic amines is 1. The Morgan fingerprint density at radius 1 is 1.00 bits per heavy atom. The third kappa shape index (κ3) is 3.20. The average Bonchev–Trinajstić information content (AvgIpc) is 3.48. The number of benzene rings is 1. The van der Waals surface area contributed by atoms with E-state index in [1.807, 2.05) is 18.7 Å². The Labute approximate surface area is 184 Å². The van der Waals surface area contributed by atoms with Gasteiger partial charge in [-0.3, -0.25) is 0 Å². The molecule has 0 radical (unpaired) electrons. The van der Waals surface area contributed by atoms with Crippen LogP contribution in [0.5, 0.6) is 6.01 Å². The van der Waals surface area contributed by atoms with E-state index in [9.17, 15) is 0 Å². The summed E-state index contributed by atoms with van der Waals surface area (Å²) in [5.41, 5.74) is 7.14. The first-order valence-electron chi connectivity index (χ1n) is 10.8. The van der Waals surface area contributed by atoms with E-state index in [0.29, 0.717) is 12.1 Å². The highest BCUT2D eigenvalue weighted by Gasteiger charge is 2.18. The number of ether oxygens (including phenoxy) is 1. The van der Waals surface area contributed by atoms with Crippen molar-refractivity contribution in [2.75, 3.05) is 20.2 Å². The number of nitrogens with one attached hydrogen (secondary N) is 2. The smallest absolute Gasteiger partial charge is 0.316 e. The Morgan fingerprint density at radius 2 is 1.88 bits per heavy atom. The Balaban J connectivity index is 1.43. The summed E-state index contributed by atoms with van der Waals surface area (Å²) >= 11 is 0. The minimum atomic E-state index is 0.350. The summed E-state index contributed by atoms with van der Waals surface area (Å²) in [6.07, 6.45) is 11.7. The van der Waals surface area contributed by atoms with Crippen LogP contribution in [0.2, 0.25) is 0 Å². The highest BCUT2D eigenvalue weighted by atomic mass is 16.5. The molecule has 0 aliphatic carbocycles. The minimum Gasteiger partial charge on any atom is -0.467 e. The van der Waals surface area contributed by atoms with E-state index >= 15 is 0 Å². The third-order valence-electron chi connectivity index (χ3n) is 6.23. The first kappa shape index (κ1) is 18.9. The van der Waals surface area contributed by atoms with Crippen molar-refractivity contribution in [3.8, 4) is 28.3 Å². The number of piperidine rings is 1. The SMILES string of the molecule is COc1ncc(-c2cnc3[nH]cc(-c4ccc5ncn(C6CCCNC6)c5c4)c3c2)cn1. The number of nitrogens with zero attached hydrogens (tertiary/aromatic N) is 5. The maximum atomic E-state index is 5.07. The van der Waals surface area contributed by atoms with E-state index in [4.69, 9.17) is 4.74 Å². The monoisotopic (exact) mass is 425 g/mol. The summed E-state index contributed by atoms with van der Waals surface area (Å²) < 4.78 is 7.39. The fourth-order valence-electron chi connectivity index (χ4n) is 4.53. The number of fused-ring (bicyclic) bond motifs is 2. The molecule has 0 saturated carbocycles. The van der Waals surface area contributed by atoms with Gasteiger partial charge in [-0.25, -0.2) is 19.9 Å². The lowest BCUT2D eigenvalue weighted by atomic mass is 10.0. The molecule has 0 bridgehead atoms. The highest BCUT2D eigenvalue weighted by Crippen LogP contribution is 2.33. The summed E-state index contributed by atoms with van der Waals surface area (Å²) in [6, 6.07) is 9.39. The van der Waals surface area contributed by atoms with Crippen molar-refractivity contribution in [1.29, 1.82) is 0 Å². The van der Waals surface area contributed by atoms with Gasteiger partial charge < -0.3 is 19.6 Å². The number of hydrogen-bond donors (Lipinski definition) is 2. The van der Waals surface area contributed by atoms with Gasteiger partial charge in [-0.15, -0.1) is 0 Å². The number of aromatic nitrogens is 6. The molecule has 1 aliphatic heterocycles. The summed E-state index contributed by atoms with van der Waals surface area (Å²) in [4.78, 5) is 21.0. The number of H-pyrrole nitrogens is 1. The summed E-state index contributed by atoms with van der Waals surface area (Å²) in [7, 11) is 1.56. The maximum Gasteiger partial charge on any atom is 0.316 e. The van der Waals surface area contributed by atoms with E-state index in [0.717, 1.165) is 51.9 Å². The molecule has 4 aromatic heterocycles. The summed E-state index contributed by atoms with van der Waals surface area (Å²) in [5, 5.41) is 4.56. The predicted molar refractivity (Wildman–Crippen MR) is 124 cm³/mol. The van der Waals surface area contributed by atoms with Crippen LogP contribution < -0.4 is 10.1 Å². The van der Waals surface area contributed by atoms with Crippen molar-refractivity contribution in [2.45, 2.75) is 18.9 Å². The molecule has 5 heterocycles. The predicted octanol–water partition coefficient (Wildman–Crippen LogP) is 3.97. The summed E-state index contributed by atoms with van der Waals surface area (Å²) in [5.74, 6) is 0. The minimum absolute atomic E-state index is 0.350. The molecule has 1 aromatic carbocycles. The van der Waals surface area contributed by atoms with E-state index in [1.165, 1.54) is 18.4 Å². The quantitative estimate of drug-likeness (QED) is 0.453. The number of hydrogen-bond acceptors (Lipinski definition) is 6. The van der Waals surface area contributed by atoms with E-state index in [-0.39, 0.29) is 0 Å². The van der Waals surface area contributed by atoms with Gasteiger partial charge in [0.05, 0.1) is 24.5 Å². The Kier molecular flexibility index (Phi) is 4.57. The largest absolute Gasteiger partial charge is 0.467 e. The van der Waals surface area contributed by atoms with E-state index in [2.05, 4.69) is 59.1 Å². The zero-order valence-electron chi connectivity index (χ0n) is 17.7. The van der Waals surface area contributed by atoms with Crippen molar-refractivity contribution in [3.05, 3.63) is 55.4 Å². The number of pyridine rings is 1. The van der Waals surface area contributed by atoms with Crippen molar-refractivity contribution in [1.82, 2.24) is 34.8 Å². The van der Waals surface area contributed by atoms with Crippen LogP contribution in [0.3, 0.4) is 0 Å². The van der Waals surface area contributed by atoms with Crippen molar-refractivity contribution in [3.63, 3.8) is 0 Å². The molecule has 0 amide bonds. The Hall–Kier alpha value is -3.78. The fraction of sp³-hybridized carbons (Fsp3) is 0.250. The van der Waals surface area contributed by atoms with Gasteiger partial charge in [0.25, 0.3) is 0 Å². The lowest BCUT2D eigenvalue weighted by Gasteiger charge is -2.24. The molecule has 1 atom stereocenters. The first-order valence-corrected chi connectivity index (χ1v) is 10.8. The van der Waals surface area contributed by atoms with Gasteiger partial charge in [0.1, 0.15) is 5.65 Å². The maximum absolute atomic E-state index is 5.07. The van der Waals surface area contributed by atoms with Crippen LogP contribution in [-0.4, -0.2) is 49.7 Å². The Bertz CT molecular complexity index is 1400. The van der Waals surface area contributed by atoms with E-state index < -0.39 is 0 Å². The molecule has 5 aromatic rings. The molecule has 6 rings (SSSR count). The molecule has 1 fully saturated rings. The molecular formula is C24H23N7O. The van der Waals surface area contributed by atoms with Crippen LogP contribution >= 0.6 is 0 Å². The molecule has 160 valence electrons. The van der Waals surface area contributed by atoms with Gasteiger partial charge in [0, 0.05) is 59.5 Å². The second-order valence-corrected chi connectivity index (χ2v) is 8.14. The first-order chi connectivity index (χ1) is 15.8. The van der Waals surface area contributed by atoms with Crippen molar-refractivity contribution in [2.24, 2.45) is 0 Å². The highest BCUT2D eigenvalue weighted by molar-refractivity contribution is 5.97. The molecular weight excluding hydrogens is 402 g/mol. The number of methoxy groups -OCH3 is 1. The molecule has 1 aliphatic rings. The van der Waals surface area contributed by atoms with Gasteiger partial charge >= 0.3 is 6.01 Å². The van der Waals surface area contributed by atoms with Gasteiger partial charge in [0.2, 0.25) is 0 Å². The van der Waals surface area contributed by atoms with Crippen LogP contribution in [0.25, 0.3) is 44.3 Å². The average molecular weight is 425 g/mol. The lowest BCUT2D eigenvalue weighted by Crippen LogP contribution is -2.31.